The number of carbonyl (C=O) groups is 1. The van der Waals surface area contributed by atoms with Crippen molar-refractivity contribution in [2.75, 3.05) is 24.2 Å². The van der Waals surface area contributed by atoms with Crippen LogP contribution in [0.5, 0.6) is 0 Å². The van der Waals surface area contributed by atoms with Gasteiger partial charge in [0.2, 0.25) is 21.1 Å². The van der Waals surface area contributed by atoms with E-state index in [0.717, 1.165) is 11.1 Å². The summed E-state index contributed by atoms with van der Waals surface area (Å²) in [6.45, 7) is 0.652. The van der Waals surface area contributed by atoms with Gasteiger partial charge in [0.05, 0.1) is 11.7 Å². The summed E-state index contributed by atoms with van der Waals surface area (Å²) < 4.78 is 27.2. The lowest BCUT2D eigenvalue weighted by molar-refractivity contribution is -0.120. The molecular formula is C23H25ClN4O3S2. The van der Waals surface area contributed by atoms with Crippen molar-refractivity contribution in [3.63, 3.8) is 0 Å². The van der Waals surface area contributed by atoms with Gasteiger partial charge in [0.25, 0.3) is 0 Å². The fourth-order valence-corrected chi connectivity index (χ4v) is 6.29. The van der Waals surface area contributed by atoms with Crippen molar-refractivity contribution in [3.8, 4) is 10.6 Å². The molecule has 0 bridgehead atoms. The number of aryl methyl sites for hydroxylation is 1. The second kappa shape index (κ2) is 10.7. The van der Waals surface area contributed by atoms with Crippen molar-refractivity contribution in [1.82, 2.24) is 14.5 Å². The number of halogens is 1. The Kier molecular flexibility index (Phi) is 7.75. The van der Waals surface area contributed by atoms with E-state index in [1.165, 1.54) is 15.6 Å². The Morgan fingerprint density at radius 2 is 1.88 bits per heavy atom. The van der Waals surface area contributed by atoms with Gasteiger partial charge in [0, 0.05) is 23.7 Å². The molecule has 1 fully saturated rings. The van der Waals surface area contributed by atoms with Gasteiger partial charge >= 0.3 is 0 Å². The molecule has 1 amide bonds. The standard InChI is InChI=1S/C23H25ClN4O3S2/c24-20-12-10-18(11-13-20)22-26-27-23(32-22)25-21(29)19-9-4-14-28(16-19)33(30,31)15-5-8-17-6-2-1-3-7-17/h1-3,6-7,10-13,19H,4-5,8-9,14-16H2,(H,25,27,29)/t19-/m0/s1. The molecule has 33 heavy (non-hydrogen) atoms. The van der Waals surface area contributed by atoms with E-state index in [1.807, 2.05) is 42.5 Å². The van der Waals surface area contributed by atoms with Crippen LogP contribution < -0.4 is 5.32 Å². The summed E-state index contributed by atoms with van der Waals surface area (Å²) in [5, 5.41) is 12.7. The van der Waals surface area contributed by atoms with Gasteiger partial charge in [-0.2, -0.15) is 0 Å². The van der Waals surface area contributed by atoms with Crippen LogP contribution >= 0.6 is 22.9 Å². The highest BCUT2D eigenvalue weighted by Gasteiger charge is 2.32. The van der Waals surface area contributed by atoms with Crippen molar-refractivity contribution >= 4 is 44.0 Å². The fraction of sp³-hybridized carbons (Fsp3) is 0.348. The number of amides is 1. The highest BCUT2D eigenvalue weighted by atomic mass is 35.5. The van der Waals surface area contributed by atoms with Crippen LogP contribution in [0, 0.1) is 5.92 Å². The first-order valence-corrected chi connectivity index (χ1v) is 13.6. The third-order valence-electron chi connectivity index (χ3n) is 5.61. The van der Waals surface area contributed by atoms with Crippen LogP contribution in [-0.4, -0.2) is 47.7 Å². The number of rotatable bonds is 8. The lowest BCUT2D eigenvalue weighted by Gasteiger charge is -2.31. The highest BCUT2D eigenvalue weighted by molar-refractivity contribution is 7.89. The summed E-state index contributed by atoms with van der Waals surface area (Å²) in [7, 11) is -3.41. The Balaban J connectivity index is 1.32. The van der Waals surface area contributed by atoms with E-state index in [4.69, 9.17) is 11.6 Å². The molecule has 2 heterocycles. The first-order chi connectivity index (χ1) is 15.9. The molecule has 7 nitrogen and oxygen atoms in total. The SMILES string of the molecule is O=C(Nc1nnc(-c2ccc(Cl)cc2)s1)[C@H]1CCCN(S(=O)(=O)CCCc2ccccc2)C1. The quantitative estimate of drug-likeness (QED) is 0.488. The summed E-state index contributed by atoms with van der Waals surface area (Å²) >= 11 is 7.19. The third-order valence-corrected chi connectivity index (χ3v) is 8.67. The maximum absolute atomic E-state index is 12.9. The first-order valence-electron chi connectivity index (χ1n) is 10.8. The Labute approximate surface area is 202 Å². The zero-order valence-corrected chi connectivity index (χ0v) is 20.4. The van der Waals surface area contributed by atoms with Gasteiger partial charge in [-0.1, -0.05) is 65.4 Å². The average molecular weight is 505 g/mol. The Morgan fingerprint density at radius 1 is 1.12 bits per heavy atom. The number of sulfonamides is 1. The summed E-state index contributed by atoms with van der Waals surface area (Å²) in [6.07, 6.45) is 2.57. The molecule has 4 rings (SSSR count). The number of carbonyl (C=O) groups excluding carboxylic acids is 1. The molecule has 3 aromatic rings. The molecular weight excluding hydrogens is 480 g/mol. The van der Waals surface area contributed by atoms with Crippen LogP contribution in [0.2, 0.25) is 5.02 Å². The van der Waals surface area contributed by atoms with Gasteiger partial charge in [-0.05, 0) is 43.4 Å². The normalized spacial score (nSPS) is 17.1. The van der Waals surface area contributed by atoms with E-state index in [-0.39, 0.29) is 18.2 Å². The van der Waals surface area contributed by atoms with E-state index in [0.29, 0.717) is 47.4 Å². The summed E-state index contributed by atoms with van der Waals surface area (Å²) in [5.41, 5.74) is 1.99. The van der Waals surface area contributed by atoms with Gasteiger partial charge in [-0.25, -0.2) is 12.7 Å². The number of aromatic nitrogens is 2. The smallest absolute Gasteiger partial charge is 0.230 e. The topological polar surface area (TPSA) is 92.3 Å². The van der Waals surface area contributed by atoms with E-state index in [1.54, 1.807) is 12.1 Å². The van der Waals surface area contributed by atoms with E-state index >= 15 is 0 Å². The summed E-state index contributed by atoms with van der Waals surface area (Å²) in [6, 6.07) is 17.1. The van der Waals surface area contributed by atoms with Crippen LogP contribution in [0.1, 0.15) is 24.8 Å². The second-order valence-corrected chi connectivity index (χ2v) is 11.5. The van der Waals surface area contributed by atoms with Gasteiger partial charge in [0.15, 0.2) is 0 Å². The van der Waals surface area contributed by atoms with Crippen LogP contribution in [-0.2, 0) is 21.2 Å². The molecule has 10 heteroatoms. The minimum Gasteiger partial charge on any atom is -0.300 e. The minimum absolute atomic E-state index is 0.0804. The van der Waals surface area contributed by atoms with Gasteiger partial charge in [-0.3, -0.25) is 4.79 Å². The van der Waals surface area contributed by atoms with Crippen LogP contribution in [0.3, 0.4) is 0 Å². The van der Waals surface area contributed by atoms with Crippen LogP contribution in [0.25, 0.3) is 10.6 Å². The molecule has 1 aliphatic rings. The Morgan fingerprint density at radius 3 is 2.64 bits per heavy atom. The van der Waals surface area contributed by atoms with Crippen molar-refractivity contribution in [3.05, 3.63) is 65.2 Å². The minimum atomic E-state index is -3.41. The molecule has 0 saturated carbocycles. The van der Waals surface area contributed by atoms with Crippen molar-refractivity contribution in [1.29, 1.82) is 0 Å². The summed E-state index contributed by atoms with van der Waals surface area (Å²) in [4.78, 5) is 12.8. The first kappa shape index (κ1) is 23.8. The molecule has 1 atom stereocenters. The molecule has 1 N–H and O–H groups in total. The largest absolute Gasteiger partial charge is 0.300 e. The highest BCUT2D eigenvalue weighted by Crippen LogP contribution is 2.28. The predicted molar refractivity (Wildman–Crippen MR) is 132 cm³/mol. The number of piperidine rings is 1. The monoisotopic (exact) mass is 504 g/mol. The lowest BCUT2D eigenvalue weighted by atomic mass is 9.99. The van der Waals surface area contributed by atoms with Crippen molar-refractivity contribution < 1.29 is 13.2 Å². The molecule has 0 radical (unpaired) electrons. The van der Waals surface area contributed by atoms with Gasteiger partial charge in [-0.15, -0.1) is 10.2 Å². The van der Waals surface area contributed by atoms with Crippen molar-refractivity contribution in [2.24, 2.45) is 5.92 Å². The Hall–Kier alpha value is -2.33. The molecule has 1 aromatic heterocycles. The van der Waals surface area contributed by atoms with E-state index < -0.39 is 15.9 Å². The fourth-order valence-electron chi connectivity index (χ4n) is 3.83. The molecule has 0 spiro atoms. The summed E-state index contributed by atoms with van der Waals surface area (Å²) in [5.74, 6) is -0.555. The number of hydrogen-bond donors (Lipinski definition) is 1. The number of anilines is 1. The Bertz CT molecular complexity index is 1180. The predicted octanol–water partition coefficient (Wildman–Crippen LogP) is 4.47. The third kappa shape index (κ3) is 6.38. The molecule has 0 unspecified atom stereocenters. The van der Waals surface area contributed by atoms with Gasteiger partial charge < -0.3 is 5.32 Å². The average Bonchev–Trinajstić information content (AvgIpc) is 3.28. The number of nitrogens with zero attached hydrogens (tertiary/aromatic N) is 3. The van der Waals surface area contributed by atoms with E-state index in [2.05, 4.69) is 15.5 Å². The van der Waals surface area contributed by atoms with E-state index in [9.17, 15) is 13.2 Å². The molecule has 174 valence electrons. The number of hydrogen-bond acceptors (Lipinski definition) is 6. The molecule has 0 aliphatic carbocycles. The zero-order chi connectivity index (χ0) is 23.3. The lowest BCUT2D eigenvalue weighted by Crippen LogP contribution is -2.44. The molecule has 1 saturated heterocycles. The second-order valence-electron chi connectivity index (χ2n) is 8.01. The molecule has 2 aromatic carbocycles. The number of nitrogens with one attached hydrogen (secondary N) is 1. The molecule has 1 aliphatic heterocycles. The van der Waals surface area contributed by atoms with Gasteiger partial charge in [0.1, 0.15) is 5.01 Å². The maximum atomic E-state index is 12.9. The number of benzene rings is 2. The zero-order valence-electron chi connectivity index (χ0n) is 18.0. The van der Waals surface area contributed by atoms with Crippen LogP contribution in [0.4, 0.5) is 5.13 Å². The van der Waals surface area contributed by atoms with Crippen LogP contribution in [0.15, 0.2) is 54.6 Å². The maximum Gasteiger partial charge on any atom is 0.230 e. The van der Waals surface area contributed by atoms with Crippen molar-refractivity contribution in [2.45, 2.75) is 25.7 Å².